The minimum absolute atomic E-state index is 0.158. The van der Waals surface area contributed by atoms with E-state index < -0.39 is 0 Å². The number of piperidine rings is 1. The molecule has 2 aliphatic heterocycles. The van der Waals surface area contributed by atoms with E-state index in [1.807, 2.05) is 25.6 Å². The third-order valence-corrected chi connectivity index (χ3v) is 6.22. The number of carbonyl (C=O) groups excluding carboxylic acids is 1. The molecule has 2 saturated heterocycles. The molecule has 2 fully saturated rings. The van der Waals surface area contributed by atoms with Gasteiger partial charge in [0.1, 0.15) is 0 Å². The highest BCUT2D eigenvalue weighted by molar-refractivity contribution is 6.00. The lowest BCUT2D eigenvalue weighted by Gasteiger charge is -2.38. The number of Topliss-reactive ketones (excluding diaryl/α,β-unsaturated/α-hetero) is 1. The van der Waals surface area contributed by atoms with Gasteiger partial charge >= 0.3 is 0 Å². The fourth-order valence-corrected chi connectivity index (χ4v) is 4.87. The van der Waals surface area contributed by atoms with Crippen molar-refractivity contribution in [1.82, 2.24) is 14.7 Å². The van der Waals surface area contributed by atoms with Crippen molar-refractivity contribution in [3.63, 3.8) is 0 Å². The SMILES string of the molecule is Cc1nn(C)c(C)c1C(=O)C1CC2CCC(C1)N2Cc1ccccc1. The number of ketones is 1. The summed E-state index contributed by atoms with van der Waals surface area (Å²) in [6.07, 6.45) is 4.45. The van der Waals surface area contributed by atoms with Gasteiger partial charge in [-0.25, -0.2) is 0 Å². The number of benzene rings is 1. The van der Waals surface area contributed by atoms with Gasteiger partial charge in [-0.1, -0.05) is 30.3 Å². The zero-order valence-corrected chi connectivity index (χ0v) is 15.4. The summed E-state index contributed by atoms with van der Waals surface area (Å²) in [5.74, 6) is 0.477. The fraction of sp³-hybridized carbons (Fsp3) is 0.524. The molecule has 0 amide bonds. The number of fused-ring (bicyclic) bond motifs is 2. The van der Waals surface area contributed by atoms with E-state index in [1.54, 1.807) is 0 Å². The molecule has 3 heterocycles. The number of rotatable bonds is 4. The molecule has 0 N–H and O–H groups in total. The standard InChI is InChI=1S/C21H27N3O/c1-14-20(15(2)23(3)22-14)21(25)17-11-18-9-10-19(12-17)24(18)13-16-7-5-4-6-8-16/h4-8,17-19H,9-13H2,1-3H3. The highest BCUT2D eigenvalue weighted by atomic mass is 16.1. The van der Waals surface area contributed by atoms with Crippen LogP contribution in [-0.2, 0) is 13.6 Å². The first-order valence-electron chi connectivity index (χ1n) is 9.38. The molecule has 4 nitrogen and oxygen atoms in total. The van der Waals surface area contributed by atoms with Gasteiger partial charge in [0.15, 0.2) is 5.78 Å². The lowest BCUT2D eigenvalue weighted by atomic mass is 9.84. The van der Waals surface area contributed by atoms with Gasteiger partial charge in [0, 0.05) is 37.3 Å². The van der Waals surface area contributed by atoms with Gasteiger partial charge in [0.2, 0.25) is 0 Å². The average molecular weight is 337 g/mol. The van der Waals surface area contributed by atoms with E-state index in [9.17, 15) is 4.79 Å². The predicted molar refractivity (Wildman–Crippen MR) is 98.5 cm³/mol. The van der Waals surface area contributed by atoms with Crippen molar-refractivity contribution in [2.24, 2.45) is 13.0 Å². The van der Waals surface area contributed by atoms with Crippen molar-refractivity contribution in [2.75, 3.05) is 0 Å². The minimum Gasteiger partial charge on any atom is -0.294 e. The molecule has 2 bridgehead atoms. The Morgan fingerprint density at radius 2 is 1.76 bits per heavy atom. The van der Waals surface area contributed by atoms with Crippen molar-refractivity contribution < 1.29 is 4.79 Å². The average Bonchev–Trinajstić information content (AvgIpc) is 2.98. The van der Waals surface area contributed by atoms with Crippen molar-refractivity contribution in [2.45, 2.75) is 58.2 Å². The topological polar surface area (TPSA) is 38.1 Å². The van der Waals surface area contributed by atoms with Gasteiger partial charge in [-0.15, -0.1) is 0 Å². The van der Waals surface area contributed by atoms with Crippen molar-refractivity contribution >= 4 is 5.78 Å². The minimum atomic E-state index is 0.158. The summed E-state index contributed by atoms with van der Waals surface area (Å²) >= 11 is 0. The monoisotopic (exact) mass is 337 g/mol. The molecule has 0 spiro atoms. The Morgan fingerprint density at radius 1 is 1.12 bits per heavy atom. The predicted octanol–water partition coefficient (Wildman–Crippen LogP) is 3.66. The van der Waals surface area contributed by atoms with Gasteiger partial charge in [0.25, 0.3) is 0 Å². The molecule has 132 valence electrons. The van der Waals surface area contributed by atoms with Crippen LogP contribution in [0.3, 0.4) is 0 Å². The van der Waals surface area contributed by atoms with E-state index in [-0.39, 0.29) is 5.92 Å². The Morgan fingerprint density at radius 3 is 2.32 bits per heavy atom. The second-order valence-electron chi connectivity index (χ2n) is 7.74. The number of nitrogens with zero attached hydrogens (tertiary/aromatic N) is 3. The molecule has 1 aromatic heterocycles. The van der Waals surface area contributed by atoms with Crippen LogP contribution >= 0.6 is 0 Å². The van der Waals surface area contributed by atoms with Crippen LogP contribution < -0.4 is 0 Å². The fourth-order valence-electron chi connectivity index (χ4n) is 4.87. The summed E-state index contributed by atoms with van der Waals surface area (Å²) in [5, 5.41) is 4.44. The van der Waals surface area contributed by atoms with Crippen molar-refractivity contribution in [1.29, 1.82) is 0 Å². The zero-order chi connectivity index (χ0) is 17.6. The zero-order valence-electron chi connectivity index (χ0n) is 15.4. The molecular formula is C21H27N3O. The molecule has 1 aromatic carbocycles. The Bertz CT molecular complexity index is 766. The molecule has 2 aliphatic rings. The maximum Gasteiger partial charge on any atom is 0.169 e. The van der Waals surface area contributed by atoms with Gasteiger partial charge in [0.05, 0.1) is 11.3 Å². The first-order valence-corrected chi connectivity index (χ1v) is 9.38. The molecule has 0 radical (unpaired) electrons. The molecule has 0 aliphatic carbocycles. The molecule has 2 aromatic rings. The lowest BCUT2D eigenvalue weighted by Crippen LogP contribution is -2.44. The van der Waals surface area contributed by atoms with Crippen LogP contribution in [0.1, 0.15) is 53.0 Å². The van der Waals surface area contributed by atoms with Crippen LogP contribution in [0.25, 0.3) is 0 Å². The number of carbonyl (C=O) groups is 1. The van der Waals surface area contributed by atoms with Crippen molar-refractivity contribution in [3.8, 4) is 0 Å². The molecule has 4 rings (SSSR count). The van der Waals surface area contributed by atoms with Crippen LogP contribution in [-0.4, -0.2) is 32.5 Å². The maximum absolute atomic E-state index is 13.2. The number of aryl methyl sites for hydroxylation is 2. The van der Waals surface area contributed by atoms with E-state index in [0.717, 1.165) is 36.3 Å². The normalized spacial score (nSPS) is 26.1. The number of hydrogen-bond donors (Lipinski definition) is 0. The van der Waals surface area contributed by atoms with Crippen LogP contribution in [0, 0.1) is 19.8 Å². The first-order chi connectivity index (χ1) is 12.0. The van der Waals surface area contributed by atoms with Gasteiger partial charge in [-0.05, 0) is 45.1 Å². The molecule has 0 saturated carbocycles. The second-order valence-corrected chi connectivity index (χ2v) is 7.74. The molecule has 2 atom stereocenters. The second kappa shape index (κ2) is 6.41. The summed E-state index contributed by atoms with van der Waals surface area (Å²) in [6.45, 7) is 4.98. The summed E-state index contributed by atoms with van der Waals surface area (Å²) in [4.78, 5) is 15.8. The Labute approximate surface area is 149 Å². The third kappa shape index (κ3) is 2.93. The largest absolute Gasteiger partial charge is 0.294 e. The van der Waals surface area contributed by atoms with E-state index >= 15 is 0 Å². The van der Waals surface area contributed by atoms with Gasteiger partial charge in [-0.3, -0.25) is 14.4 Å². The van der Waals surface area contributed by atoms with Crippen LogP contribution in [0.5, 0.6) is 0 Å². The van der Waals surface area contributed by atoms with E-state index in [4.69, 9.17) is 0 Å². The lowest BCUT2D eigenvalue weighted by molar-refractivity contribution is 0.0677. The van der Waals surface area contributed by atoms with Gasteiger partial charge < -0.3 is 0 Å². The Kier molecular flexibility index (Phi) is 4.24. The maximum atomic E-state index is 13.2. The Balaban J connectivity index is 1.50. The summed E-state index contributed by atoms with van der Waals surface area (Å²) in [5.41, 5.74) is 4.12. The van der Waals surface area contributed by atoms with Crippen LogP contribution in [0.4, 0.5) is 0 Å². The first kappa shape index (κ1) is 16.5. The van der Waals surface area contributed by atoms with E-state index in [1.165, 1.54) is 18.4 Å². The summed E-state index contributed by atoms with van der Waals surface area (Å²) < 4.78 is 1.84. The molecule has 2 unspecified atom stereocenters. The van der Waals surface area contributed by atoms with Crippen LogP contribution in [0.15, 0.2) is 30.3 Å². The third-order valence-electron chi connectivity index (χ3n) is 6.22. The molecular weight excluding hydrogens is 310 g/mol. The smallest absolute Gasteiger partial charge is 0.169 e. The number of hydrogen-bond acceptors (Lipinski definition) is 3. The summed E-state index contributed by atoms with van der Waals surface area (Å²) in [7, 11) is 1.92. The molecule has 4 heteroatoms. The van der Waals surface area contributed by atoms with Crippen LogP contribution in [0.2, 0.25) is 0 Å². The van der Waals surface area contributed by atoms with E-state index in [2.05, 4.69) is 40.3 Å². The Hall–Kier alpha value is -1.94. The quantitative estimate of drug-likeness (QED) is 0.799. The van der Waals surface area contributed by atoms with Crippen molar-refractivity contribution in [3.05, 3.63) is 52.8 Å². The highest BCUT2D eigenvalue weighted by Crippen LogP contribution is 2.41. The van der Waals surface area contributed by atoms with Gasteiger partial charge in [-0.2, -0.15) is 5.10 Å². The van der Waals surface area contributed by atoms with E-state index in [0.29, 0.717) is 17.9 Å². The summed E-state index contributed by atoms with van der Waals surface area (Å²) in [6, 6.07) is 11.8. The molecule has 25 heavy (non-hydrogen) atoms. The highest BCUT2D eigenvalue weighted by Gasteiger charge is 2.43. The number of aromatic nitrogens is 2.